The highest BCUT2D eigenvalue weighted by molar-refractivity contribution is 6.31. The molecule has 11 heteroatoms. The molecule has 170 valence electrons. The summed E-state index contributed by atoms with van der Waals surface area (Å²) in [5.74, 6) is -3.77. The monoisotopic (exact) mass is 474 g/mol. The third kappa shape index (κ3) is 4.30. The quantitative estimate of drug-likeness (QED) is 0.439. The number of carbonyl (C=O) groups excluding carboxylic acids is 1. The highest BCUT2D eigenvalue weighted by Crippen LogP contribution is 2.35. The summed E-state index contributed by atoms with van der Waals surface area (Å²) in [5, 5.41) is 22.7. The Balaban J connectivity index is 1.80. The minimum atomic E-state index is -1.54. The van der Waals surface area contributed by atoms with Crippen LogP contribution in [0.25, 0.3) is 11.6 Å². The molecule has 2 heterocycles. The SMILES string of the molecule is O=C(NCCO)C(c1ccc(F)c(F)c1)n1c(O)c(C=C2C=Nc3cc(Cl)ccc32)[nH]c1=O. The number of amides is 1. The number of aliphatic hydroxyl groups is 1. The largest absolute Gasteiger partial charge is 0.493 e. The Kier molecular flexibility index (Phi) is 6.12. The summed E-state index contributed by atoms with van der Waals surface area (Å²) in [6.07, 6.45) is 2.99. The van der Waals surface area contributed by atoms with Crippen LogP contribution in [0.4, 0.5) is 14.5 Å². The Morgan fingerprint density at radius 1 is 1.24 bits per heavy atom. The van der Waals surface area contributed by atoms with Gasteiger partial charge in [-0.05, 0) is 35.9 Å². The van der Waals surface area contributed by atoms with Crippen LogP contribution in [0.3, 0.4) is 0 Å². The molecule has 2 aromatic carbocycles. The number of hydrogen-bond acceptors (Lipinski definition) is 5. The van der Waals surface area contributed by atoms with Crippen molar-refractivity contribution in [2.75, 3.05) is 13.2 Å². The predicted octanol–water partition coefficient (Wildman–Crippen LogP) is 2.77. The molecule has 0 aliphatic carbocycles. The number of nitrogens with zero attached hydrogens (tertiary/aromatic N) is 2. The first kappa shape index (κ1) is 22.4. The third-order valence-electron chi connectivity index (χ3n) is 5.02. The number of aromatic hydroxyl groups is 1. The highest BCUT2D eigenvalue weighted by atomic mass is 35.5. The number of aliphatic hydroxyl groups excluding tert-OH is 1. The van der Waals surface area contributed by atoms with Crippen molar-refractivity contribution >= 4 is 41.1 Å². The fourth-order valence-corrected chi connectivity index (χ4v) is 3.67. The van der Waals surface area contributed by atoms with Crippen molar-refractivity contribution < 1.29 is 23.8 Å². The van der Waals surface area contributed by atoms with Gasteiger partial charge >= 0.3 is 5.69 Å². The zero-order valence-corrected chi connectivity index (χ0v) is 17.6. The van der Waals surface area contributed by atoms with Crippen molar-refractivity contribution in [1.82, 2.24) is 14.9 Å². The summed E-state index contributed by atoms with van der Waals surface area (Å²) in [6.45, 7) is -0.532. The van der Waals surface area contributed by atoms with Gasteiger partial charge in [0.1, 0.15) is 11.7 Å². The van der Waals surface area contributed by atoms with Gasteiger partial charge in [-0.15, -0.1) is 0 Å². The molecule has 0 spiro atoms. The van der Waals surface area contributed by atoms with E-state index in [-0.39, 0.29) is 24.4 Å². The molecule has 1 aliphatic heterocycles. The molecule has 0 saturated heterocycles. The van der Waals surface area contributed by atoms with Crippen LogP contribution in [0.15, 0.2) is 46.2 Å². The fourth-order valence-electron chi connectivity index (χ4n) is 3.51. The molecule has 4 N–H and O–H groups in total. The molecule has 1 aliphatic rings. The van der Waals surface area contributed by atoms with E-state index >= 15 is 0 Å². The number of rotatable bonds is 6. The summed E-state index contributed by atoms with van der Waals surface area (Å²) in [5.41, 5.74) is 0.927. The average molecular weight is 475 g/mol. The number of hydrogen-bond donors (Lipinski definition) is 4. The molecule has 0 fully saturated rings. The Labute approximate surface area is 190 Å². The molecule has 0 saturated carbocycles. The van der Waals surface area contributed by atoms with Crippen molar-refractivity contribution in [2.24, 2.45) is 4.99 Å². The minimum absolute atomic E-state index is 0.0215. The summed E-state index contributed by atoms with van der Waals surface area (Å²) in [4.78, 5) is 32.2. The van der Waals surface area contributed by atoms with Crippen LogP contribution in [0.1, 0.15) is 22.9 Å². The van der Waals surface area contributed by atoms with E-state index in [1.807, 2.05) is 0 Å². The Bertz CT molecular complexity index is 1360. The first-order valence-corrected chi connectivity index (χ1v) is 10.1. The maximum Gasteiger partial charge on any atom is 0.329 e. The second-order valence-electron chi connectivity index (χ2n) is 7.15. The smallest absolute Gasteiger partial charge is 0.329 e. The lowest BCUT2D eigenvalue weighted by molar-refractivity contribution is -0.123. The van der Waals surface area contributed by atoms with E-state index in [1.54, 1.807) is 18.2 Å². The number of carbonyl (C=O) groups is 1. The molecule has 33 heavy (non-hydrogen) atoms. The normalized spacial score (nSPS) is 14.5. The van der Waals surface area contributed by atoms with E-state index in [0.29, 0.717) is 21.8 Å². The van der Waals surface area contributed by atoms with Crippen molar-refractivity contribution in [3.8, 4) is 5.88 Å². The van der Waals surface area contributed by atoms with E-state index in [1.165, 1.54) is 12.3 Å². The molecule has 4 rings (SSSR count). The van der Waals surface area contributed by atoms with Gasteiger partial charge in [0, 0.05) is 28.9 Å². The average Bonchev–Trinajstić information content (AvgIpc) is 3.30. The van der Waals surface area contributed by atoms with Crippen molar-refractivity contribution in [3.05, 3.63) is 80.4 Å². The molecule has 3 aromatic rings. The number of aliphatic imine (C=N–C) groups is 1. The zero-order chi connectivity index (χ0) is 23.7. The van der Waals surface area contributed by atoms with E-state index in [4.69, 9.17) is 16.7 Å². The van der Waals surface area contributed by atoms with Crippen molar-refractivity contribution in [3.63, 3.8) is 0 Å². The Hall–Kier alpha value is -3.76. The number of halogens is 3. The number of nitrogens with one attached hydrogen (secondary N) is 2. The van der Waals surface area contributed by atoms with Crippen molar-refractivity contribution in [2.45, 2.75) is 6.04 Å². The molecular formula is C22H17ClF2N4O4. The van der Waals surface area contributed by atoms with Crippen molar-refractivity contribution in [1.29, 1.82) is 0 Å². The molecule has 1 atom stereocenters. The predicted molar refractivity (Wildman–Crippen MR) is 119 cm³/mol. The lowest BCUT2D eigenvalue weighted by Crippen LogP contribution is -2.38. The minimum Gasteiger partial charge on any atom is -0.493 e. The number of benzene rings is 2. The van der Waals surface area contributed by atoms with Gasteiger partial charge in [-0.25, -0.2) is 18.1 Å². The van der Waals surface area contributed by atoms with E-state index < -0.39 is 35.2 Å². The van der Waals surface area contributed by atoms with E-state index in [2.05, 4.69) is 15.3 Å². The van der Waals surface area contributed by atoms with Gasteiger partial charge in [0.25, 0.3) is 0 Å². The molecule has 1 amide bonds. The van der Waals surface area contributed by atoms with Gasteiger partial charge in [0.2, 0.25) is 11.8 Å². The second-order valence-corrected chi connectivity index (χ2v) is 7.58. The molecule has 8 nitrogen and oxygen atoms in total. The second kappa shape index (κ2) is 9.00. The number of H-pyrrole nitrogens is 1. The van der Waals surface area contributed by atoms with Gasteiger partial charge in [0.05, 0.1) is 12.3 Å². The lowest BCUT2D eigenvalue weighted by atomic mass is 10.0. The maximum atomic E-state index is 13.9. The van der Waals surface area contributed by atoms with E-state index in [9.17, 15) is 23.5 Å². The van der Waals surface area contributed by atoms with Crippen LogP contribution < -0.4 is 11.0 Å². The van der Waals surface area contributed by atoms with E-state index in [0.717, 1.165) is 22.8 Å². The first-order valence-electron chi connectivity index (χ1n) is 9.73. The topological polar surface area (TPSA) is 120 Å². The van der Waals surface area contributed by atoms with Gasteiger partial charge in [-0.3, -0.25) is 9.79 Å². The van der Waals surface area contributed by atoms with Crippen LogP contribution >= 0.6 is 11.6 Å². The van der Waals surface area contributed by atoms with Crippen LogP contribution in [0.5, 0.6) is 5.88 Å². The van der Waals surface area contributed by atoms with Crippen LogP contribution in [0, 0.1) is 11.6 Å². The summed E-state index contributed by atoms with van der Waals surface area (Å²) in [6, 6.07) is 6.22. The maximum absolute atomic E-state index is 13.9. The zero-order valence-electron chi connectivity index (χ0n) is 16.8. The molecule has 1 unspecified atom stereocenters. The summed E-state index contributed by atoms with van der Waals surface area (Å²) < 4.78 is 28.0. The van der Waals surface area contributed by atoms with Crippen LogP contribution in [0.2, 0.25) is 5.02 Å². The molecule has 1 aromatic heterocycles. The number of imidazole rings is 1. The number of fused-ring (bicyclic) bond motifs is 1. The molecule has 0 bridgehead atoms. The third-order valence-corrected chi connectivity index (χ3v) is 5.25. The summed E-state index contributed by atoms with van der Waals surface area (Å²) >= 11 is 5.97. The van der Waals surface area contributed by atoms with Gasteiger partial charge in [-0.2, -0.15) is 0 Å². The highest BCUT2D eigenvalue weighted by Gasteiger charge is 2.29. The van der Waals surface area contributed by atoms with Crippen LogP contribution in [-0.4, -0.2) is 45.0 Å². The van der Waals surface area contributed by atoms with Crippen LogP contribution in [-0.2, 0) is 4.79 Å². The first-order chi connectivity index (χ1) is 15.8. The number of aromatic nitrogens is 2. The molecular weight excluding hydrogens is 458 g/mol. The van der Waals surface area contributed by atoms with Gasteiger partial charge < -0.3 is 20.5 Å². The number of allylic oxidation sites excluding steroid dienone is 1. The van der Waals surface area contributed by atoms with Gasteiger partial charge in [0.15, 0.2) is 11.6 Å². The summed E-state index contributed by atoms with van der Waals surface area (Å²) in [7, 11) is 0. The van der Waals surface area contributed by atoms with Gasteiger partial charge in [-0.1, -0.05) is 23.7 Å². The standard InChI is InChI=1S/C22H17ClF2N4O4/c23-13-2-3-14-12(10-27-17(14)9-13)8-18-21(32)29(22(33)28-18)19(20(31)26-5-6-30)11-1-4-15(24)16(25)7-11/h1-4,7-10,19,30,32H,5-6H2,(H,26,31)(H,28,33). The Morgan fingerprint density at radius 2 is 2.03 bits per heavy atom. The molecule has 0 radical (unpaired) electrons. The fraction of sp³-hybridized carbons (Fsp3) is 0.136. The Morgan fingerprint density at radius 3 is 2.76 bits per heavy atom. The number of aromatic amines is 1. The lowest BCUT2D eigenvalue weighted by Gasteiger charge is -2.18.